The summed E-state index contributed by atoms with van der Waals surface area (Å²) in [6.45, 7) is 5.89. The van der Waals surface area contributed by atoms with Gasteiger partial charge in [-0.3, -0.25) is 9.59 Å². The predicted molar refractivity (Wildman–Crippen MR) is 112 cm³/mol. The second kappa shape index (κ2) is 7.37. The quantitative estimate of drug-likeness (QED) is 0.732. The summed E-state index contributed by atoms with van der Waals surface area (Å²) >= 11 is 6.02. The molecule has 1 aromatic carbocycles. The summed E-state index contributed by atoms with van der Waals surface area (Å²) in [6.07, 6.45) is 6.93. The van der Waals surface area contributed by atoms with Crippen molar-refractivity contribution < 1.29 is 9.59 Å². The lowest BCUT2D eigenvalue weighted by molar-refractivity contribution is -0.148. The van der Waals surface area contributed by atoms with E-state index < -0.39 is 6.04 Å². The predicted octanol–water partition coefficient (Wildman–Crippen LogP) is 4.94. The van der Waals surface area contributed by atoms with Gasteiger partial charge in [0.25, 0.3) is 0 Å². The van der Waals surface area contributed by atoms with Crippen molar-refractivity contribution in [3.05, 3.63) is 28.8 Å². The molecule has 0 spiro atoms. The van der Waals surface area contributed by atoms with Crippen molar-refractivity contribution in [3.8, 4) is 0 Å². The molecule has 0 heterocycles. The van der Waals surface area contributed by atoms with Crippen LogP contribution in [0, 0.1) is 36.0 Å². The van der Waals surface area contributed by atoms with Gasteiger partial charge in [0.05, 0.1) is 0 Å². The average molecular weight is 403 g/mol. The van der Waals surface area contributed by atoms with Gasteiger partial charge in [0.1, 0.15) is 6.04 Å². The molecule has 4 saturated carbocycles. The summed E-state index contributed by atoms with van der Waals surface area (Å²) in [5, 5.41) is 6.78. The van der Waals surface area contributed by atoms with Crippen LogP contribution in [0.5, 0.6) is 0 Å². The van der Waals surface area contributed by atoms with Gasteiger partial charge < -0.3 is 10.6 Å². The molecule has 1 aromatic rings. The third-order valence-corrected chi connectivity index (χ3v) is 7.44. The Balaban J connectivity index is 1.47. The Morgan fingerprint density at radius 3 is 2.14 bits per heavy atom. The molecule has 4 fully saturated rings. The second-order valence-electron chi connectivity index (χ2n) is 9.84. The van der Waals surface area contributed by atoms with Gasteiger partial charge in [-0.1, -0.05) is 25.4 Å². The molecule has 2 N–H and O–H groups in total. The molecule has 5 heteroatoms. The zero-order valence-corrected chi connectivity index (χ0v) is 17.8. The van der Waals surface area contributed by atoms with Crippen molar-refractivity contribution in [2.45, 2.75) is 65.3 Å². The first-order chi connectivity index (χ1) is 13.3. The first-order valence-electron chi connectivity index (χ1n) is 10.6. The molecule has 4 aliphatic carbocycles. The number of aryl methyl sites for hydroxylation is 1. The molecule has 5 rings (SSSR count). The van der Waals surface area contributed by atoms with E-state index in [1.807, 2.05) is 32.9 Å². The Labute approximate surface area is 172 Å². The van der Waals surface area contributed by atoms with Crippen LogP contribution in [0.15, 0.2) is 18.2 Å². The molecule has 0 saturated heterocycles. The summed E-state index contributed by atoms with van der Waals surface area (Å²) in [7, 11) is 0. The van der Waals surface area contributed by atoms with E-state index in [0.29, 0.717) is 22.8 Å². The Kier molecular flexibility index (Phi) is 5.20. The maximum Gasteiger partial charge on any atom is 0.247 e. The zero-order chi connectivity index (χ0) is 20.1. The monoisotopic (exact) mass is 402 g/mol. The number of carbonyl (C=O) groups excluding carboxylic acids is 2. The van der Waals surface area contributed by atoms with Crippen LogP contribution >= 0.6 is 11.6 Å². The zero-order valence-electron chi connectivity index (χ0n) is 17.1. The van der Waals surface area contributed by atoms with Crippen LogP contribution in [0.25, 0.3) is 0 Å². The van der Waals surface area contributed by atoms with Crippen LogP contribution in [0.3, 0.4) is 0 Å². The molecule has 28 heavy (non-hydrogen) atoms. The van der Waals surface area contributed by atoms with Crippen LogP contribution in [0.4, 0.5) is 5.69 Å². The van der Waals surface area contributed by atoms with Crippen molar-refractivity contribution in [1.82, 2.24) is 5.32 Å². The minimum Gasteiger partial charge on any atom is -0.344 e. The highest BCUT2D eigenvalue weighted by molar-refractivity contribution is 6.30. The molecule has 152 valence electrons. The number of anilines is 1. The SMILES string of the molecule is Cc1cc(Cl)ccc1NC(=O)[C@@H](NC(=O)C12CC3CC(CC(C3)C1)C2)C(C)C. The molecular formula is C23H31ClN2O2. The smallest absolute Gasteiger partial charge is 0.247 e. The van der Waals surface area contributed by atoms with Crippen LogP contribution < -0.4 is 10.6 Å². The highest BCUT2D eigenvalue weighted by atomic mass is 35.5. The highest BCUT2D eigenvalue weighted by Gasteiger charge is 2.55. The van der Waals surface area contributed by atoms with Gasteiger partial charge in [-0.05, 0) is 92.9 Å². The van der Waals surface area contributed by atoms with Gasteiger partial charge in [0.2, 0.25) is 11.8 Å². The molecule has 1 atom stereocenters. The van der Waals surface area contributed by atoms with E-state index in [9.17, 15) is 9.59 Å². The number of carbonyl (C=O) groups is 2. The molecule has 4 aliphatic rings. The van der Waals surface area contributed by atoms with E-state index in [2.05, 4.69) is 10.6 Å². The number of amides is 2. The lowest BCUT2D eigenvalue weighted by Crippen LogP contribution is -2.57. The number of nitrogens with one attached hydrogen (secondary N) is 2. The standard InChI is InChI=1S/C23H31ClN2O2/c1-13(2)20(21(27)25-19-5-4-18(24)6-14(19)3)26-22(28)23-10-15-7-16(11-23)9-17(8-15)12-23/h4-6,13,15-17,20H,7-12H2,1-3H3,(H,25,27)(H,26,28)/t15?,16?,17?,20-,23?/m0/s1. The Morgan fingerprint density at radius 1 is 1.07 bits per heavy atom. The van der Waals surface area contributed by atoms with Crippen molar-refractivity contribution in [1.29, 1.82) is 0 Å². The Morgan fingerprint density at radius 2 is 1.64 bits per heavy atom. The molecule has 4 bridgehead atoms. The molecule has 4 nitrogen and oxygen atoms in total. The fraction of sp³-hybridized carbons (Fsp3) is 0.652. The van der Waals surface area contributed by atoms with Gasteiger partial charge in [0, 0.05) is 16.1 Å². The molecule has 0 aliphatic heterocycles. The van der Waals surface area contributed by atoms with Gasteiger partial charge >= 0.3 is 0 Å². The van der Waals surface area contributed by atoms with E-state index in [0.717, 1.165) is 30.5 Å². The molecule has 0 radical (unpaired) electrons. The molecular weight excluding hydrogens is 372 g/mol. The third-order valence-electron chi connectivity index (χ3n) is 7.20. The summed E-state index contributed by atoms with van der Waals surface area (Å²) in [6, 6.07) is 4.88. The minimum atomic E-state index is -0.532. The number of benzene rings is 1. The van der Waals surface area contributed by atoms with Crippen molar-refractivity contribution in [2.75, 3.05) is 5.32 Å². The van der Waals surface area contributed by atoms with Gasteiger partial charge in [0.15, 0.2) is 0 Å². The van der Waals surface area contributed by atoms with E-state index in [-0.39, 0.29) is 23.1 Å². The highest BCUT2D eigenvalue weighted by Crippen LogP contribution is 2.60. The topological polar surface area (TPSA) is 58.2 Å². The van der Waals surface area contributed by atoms with Crippen LogP contribution in [0.2, 0.25) is 5.02 Å². The van der Waals surface area contributed by atoms with E-state index in [1.165, 1.54) is 19.3 Å². The lowest BCUT2D eigenvalue weighted by Gasteiger charge is -2.55. The summed E-state index contributed by atoms with van der Waals surface area (Å²) in [4.78, 5) is 26.4. The lowest BCUT2D eigenvalue weighted by atomic mass is 9.49. The first kappa shape index (κ1) is 19.8. The Bertz CT molecular complexity index is 754. The van der Waals surface area contributed by atoms with E-state index in [4.69, 9.17) is 11.6 Å². The third kappa shape index (κ3) is 3.68. The van der Waals surface area contributed by atoms with Gasteiger partial charge in [-0.25, -0.2) is 0 Å². The fourth-order valence-corrected chi connectivity index (χ4v) is 6.42. The van der Waals surface area contributed by atoms with Crippen LogP contribution in [-0.2, 0) is 9.59 Å². The van der Waals surface area contributed by atoms with Gasteiger partial charge in [-0.2, -0.15) is 0 Å². The van der Waals surface area contributed by atoms with E-state index >= 15 is 0 Å². The second-order valence-corrected chi connectivity index (χ2v) is 10.3. The average Bonchev–Trinajstić information content (AvgIpc) is 2.60. The number of rotatable bonds is 5. The minimum absolute atomic E-state index is 0.0190. The van der Waals surface area contributed by atoms with Crippen LogP contribution in [-0.4, -0.2) is 17.9 Å². The molecule has 2 amide bonds. The largest absolute Gasteiger partial charge is 0.344 e. The number of halogens is 1. The maximum absolute atomic E-state index is 13.4. The first-order valence-corrected chi connectivity index (χ1v) is 11.0. The maximum atomic E-state index is 13.4. The van der Waals surface area contributed by atoms with E-state index in [1.54, 1.807) is 6.07 Å². The molecule has 0 aromatic heterocycles. The fourth-order valence-electron chi connectivity index (χ4n) is 6.20. The van der Waals surface area contributed by atoms with Crippen molar-refractivity contribution >= 4 is 29.1 Å². The van der Waals surface area contributed by atoms with Crippen LogP contribution in [0.1, 0.15) is 57.9 Å². The summed E-state index contributed by atoms with van der Waals surface area (Å²) in [5.74, 6) is 2.09. The van der Waals surface area contributed by atoms with Gasteiger partial charge in [-0.15, -0.1) is 0 Å². The summed E-state index contributed by atoms with van der Waals surface area (Å²) < 4.78 is 0. The number of hydrogen-bond donors (Lipinski definition) is 2. The van der Waals surface area contributed by atoms with Crippen molar-refractivity contribution in [2.24, 2.45) is 29.1 Å². The Hall–Kier alpha value is -1.55. The molecule has 0 unspecified atom stereocenters. The normalized spacial score (nSPS) is 31.7. The number of hydrogen-bond acceptors (Lipinski definition) is 2. The summed E-state index contributed by atoms with van der Waals surface area (Å²) in [5.41, 5.74) is 1.41. The van der Waals surface area contributed by atoms with Crippen molar-refractivity contribution in [3.63, 3.8) is 0 Å².